The van der Waals surface area contributed by atoms with Crippen molar-refractivity contribution < 1.29 is 26.2 Å². The summed E-state index contributed by atoms with van der Waals surface area (Å²) in [4.78, 5) is 15.4. The molecule has 5 nitrogen and oxygen atoms in total. The van der Waals surface area contributed by atoms with E-state index in [1.54, 1.807) is 12.4 Å². The molecule has 2 heterocycles. The zero-order valence-electron chi connectivity index (χ0n) is 38.5. The third kappa shape index (κ3) is 8.17. The molecule has 320 valence electrons. The predicted molar refractivity (Wildman–Crippen MR) is 255 cm³/mol. The Balaban J connectivity index is 0.00000578. The molecule has 0 aliphatic carbocycles. The van der Waals surface area contributed by atoms with Gasteiger partial charge in [0.25, 0.3) is 0 Å². The van der Waals surface area contributed by atoms with E-state index < -0.39 is 0 Å². The normalized spacial score (nSPS) is 12.5. The maximum atomic E-state index is 11.7. The standard InChI is InChI=1S/C56H59N4O.Pt/c1-34-27-36(29-37(28-34)44-33-46(55(9,10)11)35(2)49-51(44)58-26-25-57-49)43-31-41(56(12,13)39-17-15-14-16-18-39)32-47-50(43)59-52(45-30-40(54(6,7)8)21-24-48(45)61)60(47)42-22-19-38(20-23-42)53(3,4)5;/h14-28,30-33,61H,1-13H3;/q-1;. The van der Waals surface area contributed by atoms with Crippen LogP contribution < -0.4 is 0 Å². The van der Waals surface area contributed by atoms with Crippen molar-refractivity contribution in [1.29, 1.82) is 0 Å². The second-order valence-corrected chi connectivity index (χ2v) is 20.5. The number of imidazole rings is 1. The van der Waals surface area contributed by atoms with Crippen LogP contribution in [0.5, 0.6) is 5.75 Å². The van der Waals surface area contributed by atoms with Crippen molar-refractivity contribution in [2.75, 3.05) is 0 Å². The number of fused-ring (bicyclic) bond motifs is 2. The van der Waals surface area contributed by atoms with Crippen molar-refractivity contribution in [3.63, 3.8) is 0 Å². The minimum atomic E-state index is -0.374. The molecule has 0 saturated carbocycles. The first-order valence-corrected chi connectivity index (χ1v) is 21.5. The van der Waals surface area contributed by atoms with Gasteiger partial charge in [-0.2, -0.15) is 0 Å². The van der Waals surface area contributed by atoms with Crippen LogP contribution in [0.3, 0.4) is 0 Å². The molecule has 8 rings (SSSR count). The largest absolute Gasteiger partial charge is 0.507 e. The third-order valence-corrected chi connectivity index (χ3v) is 12.5. The maximum Gasteiger partial charge on any atom is 0.148 e. The molecule has 0 bridgehead atoms. The van der Waals surface area contributed by atoms with Gasteiger partial charge >= 0.3 is 0 Å². The Morgan fingerprint density at radius 1 is 0.532 bits per heavy atom. The van der Waals surface area contributed by atoms with Gasteiger partial charge < -0.3 is 5.11 Å². The van der Waals surface area contributed by atoms with Crippen LogP contribution >= 0.6 is 0 Å². The summed E-state index contributed by atoms with van der Waals surface area (Å²) in [6, 6.07) is 40.7. The number of aromatic nitrogens is 4. The van der Waals surface area contributed by atoms with Crippen molar-refractivity contribution >= 4 is 22.1 Å². The maximum absolute atomic E-state index is 11.7. The van der Waals surface area contributed by atoms with Crippen LogP contribution in [-0.2, 0) is 42.7 Å². The van der Waals surface area contributed by atoms with Gasteiger partial charge in [0, 0.05) is 44.6 Å². The van der Waals surface area contributed by atoms with Gasteiger partial charge in [-0.15, -0.1) is 34.9 Å². The van der Waals surface area contributed by atoms with Gasteiger partial charge in [-0.3, -0.25) is 14.5 Å². The first-order valence-electron chi connectivity index (χ1n) is 21.5. The van der Waals surface area contributed by atoms with E-state index in [1.165, 1.54) is 16.7 Å². The van der Waals surface area contributed by atoms with Gasteiger partial charge in [-0.25, -0.2) is 4.98 Å². The van der Waals surface area contributed by atoms with Crippen molar-refractivity contribution in [3.05, 3.63) is 161 Å². The van der Waals surface area contributed by atoms with Gasteiger partial charge in [-0.05, 0) is 86.9 Å². The van der Waals surface area contributed by atoms with Crippen molar-refractivity contribution in [3.8, 4) is 45.1 Å². The Hall–Kier alpha value is -5.38. The van der Waals surface area contributed by atoms with E-state index in [-0.39, 0.29) is 48.5 Å². The summed E-state index contributed by atoms with van der Waals surface area (Å²) in [5.41, 5.74) is 16.7. The number of rotatable bonds is 6. The quantitative estimate of drug-likeness (QED) is 0.169. The van der Waals surface area contributed by atoms with Crippen LogP contribution in [0.4, 0.5) is 0 Å². The van der Waals surface area contributed by atoms with Gasteiger partial charge in [0.15, 0.2) is 0 Å². The van der Waals surface area contributed by atoms with Gasteiger partial charge in [0.05, 0.1) is 27.6 Å². The van der Waals surface area contributed by atoms with Crippen molar-refractivity contribution in [1.82, 2.24) is 19.5 Å². The topological polar surface area (TPSA) is 63.8 Å². The van der Waals surface area contributed by atoms with Crippen molar-refractivity contribution in [2.45, 2.75) is 112 Å². The minimum Gasteiger partial charge on any atom is -0.507 e. The fourth-order valence-corrected chi connectivity index (χ4v) is 8.75. The molecule has 0 fully saturated rings. The van der Waals surface area contributed by atoms with Crippen LogP contribution in [-0.4, -0.2) is 24.6 Å². The SMILES string of the molecule is Cc1cc(-c2cc(C(C)(C)C)c(C)c3nccnc23)[c-]c(-c2cc(C(C)(C)c3ccccc3)cc3c2nc(-c2cc(C(C)(C)C)ccc2O)n3-c2ccc(C(C)(C)C)cc2)c1.[Pt]. The van der Waals surface area contributed by atoms with Crippen LogP contribution in [0.25, 0.3) is 61.4 Å². The van der Waals surface area contributed by atoms with E-state index in [0.29, 0.717) is 11.4 Å². The summed E-state index contributed by atoms with van der Waals surface area (Å²) < 4.78 is 2.24. The van der Waals surface area contributed by atoms with E-state index in [2.05, 4.69) is 192 Å². The van der Waals surface area contributed by atoms with E-state index in [1.807, 2.05) is 12.1 Å². The van der Waals surface area contributed by atoms with Crippen LogP contribution in [0.1, 0.15) is 115 Å². The number of benzene rings is 6. The molecule has 0 saturated heterocycles. The second-order valence-electron chi connectivity index (χ2n) is 20.5. The van der Waals surface area contributed by atoms with Crippen LogP contribution in [0, 0.1) is 19.9 Å². The molecule has 0 radical (unpaired) electrons. The number of phenols is 1. The number of hydrogen-bond acceptors (Lipinski definition) is 4. The Bertz CT molecular complexity index is 2960. The molecule has 0 spiro atoms. The fraction of sp³-hybridized carbons (Fsp3) is 0.304. The third-order valence-electron chi connectivity index (χ3n) is 12.5. The van der Waals surface area contributed by atoms with Crippen LogP contribution in [0.2, 0.25) is 0 Å². The zero-order chi connectivity index (χ0) is 43.8. The molecule has 1 N–H and O–H groups in total. The van der Waals surface area contributed by atoms with E-state index >= 15 is 0 Å². The molecule has 2 aromatic heterocycles. The van der Waals surface area contributed by atoms with E-state index in [4.69, 9.17) is 15.0 Å². The second kappa shape index (κ2) is 16.1. The predicted octanol–water partition coefficient (Wildman–Crippen LogP) is 14.3. The molecule has 62 heavy (non-hydrogen) atoms. The number of aryl methyl sites for hydroxylation is 2. The Kier molecular flexibility index (Phi) is 11.6. The first-order chi connectivity index (χ1) is 28.6. The Morgan fingerprint density at radius 2 is 1.10 bits per heavy atom. The molecule has 0 aliphatic rings. The van der Waals surface area contributed by atoms with E-state index in [9.17, 15) is 5.11 Å². The van der Waals surface area contributed by atoms with E-state index in [0.717, 1.165) is 72.3 Å². The summed E-state index contributed by atoms with van der Waals surface area (Å²) in [7, 11) is 0. The van der Waals surface area contributed by atoms with Crippen LogP contribution in [0.15, 0.2) is 116 Å². The molecule has 6 aromatic carbocycles. The molecular weight excluding hydrogens is 940 g/mol. The molecule has 6 heteroatoms. The van der Waals surface area contributed by atoms with Crippen molar-refractivity contribution in [2.24, 2.45) is 0 Å². The molecule has 0 atom stereocenters. The molecule has 0 amide bonds. The summed E-state index contributed by atoms with van der Waals surface area (Å²) in [5, 5.41) is 11.7. The number of nitrogens with zero attached hydrogens (tertiary/aromatic N) is 4. The average Bonchev–Trinajstić information content (AvgIpc) is 3.59. The fourth-order valence-electron chi connectivity index (χ4n) is 8.75. The molecule has 0 aliphatic heterocycles. The Morgan fingerprint density at radius 3 is 1.69 bits per heavy atom. The van der Waals surface area contributed by atoms with Gasteiger partial charge in [0.1, 0.15) is 11.6 Å². The molecule has 8 aromatic rings. The summed E-state index contributed by atoms with van der Waals surface area (Å²) in [6.45, 7) is 29.0. The molecule has 0 unspecified atom stereocenters. The zero-order valence-corrected chi connectivity index (χ0v) is 40.8. The van der Waals surface area contributed by atoms with Gasteiger partial charge in [0.2, 0.25) is 0 Å². The smallest absolute Gasteiger partial charge is 0.148 e. The number of phenolic OH excluding ortho intramolecular Hbond substituents is 1. The summed E-state index contributed by atoms with van der Waals surface area (Å²) >= 11 is 0. The first kappa shape index (κ1) is 44.7. The monoisotopic (exact) mass is 998 g/mol. The number of aromatic hydroxyl groups is 1. The van der Waals surface area contributed by atoms with Gasteiger partial charge in [-0.1, -0.05) is 155 Å². The summed E-state index contributed by atoms with van der Waals surface area (Å²) in [6.07, 6.45) is 3.57. The minimum absolute atomic E-state index is 0. The molecular formula is C56H59N4OPt-. The summed E-state index contributed by atoms with van der Waals surface area (Å²) in [5.74, 6) is 0.870. The average molecular weight is 999 g/mol. The Labute approximate surface area is 383 Å². The number of hydrogen-bond donors (Lipinski definition) is 1.